The molecule has 0 saturated carbocycles. The maximum absolute atomic E-state index is 14.5. The molecule has 4 aromatic carbocycles. The number of sulfonamides is 1. The van der Waals surface area contributed by atoms with Gasteiger partial charge in [-0.15, -0.1) is 0 Å². The van der Waals surface area contributed by atoms with Crippen molar-refractivity contribution in [3.05, 3.63) is 129 Å². The predicted octanol–water partition coefficient (Wildman–Crippen LogP) is 7.40. The molecule has 0 aliphatic rings. The van der Waals surface area contributed by atoms with Gasteiger partial charge in [0.05, 0.1) is 20.6 Å². The number of amides is 2. The summed E-state index contributed by atoms with van der Waals surface area (Å²) in [7, 11) is -4.22. The molecule has 0 heterocycles. The van der Waals surface area contributed by atoms with Gasteiger partial charge >= 0.3 is 0 Å². The number of anilines is 1. The Morgan fingerprint density at radius 1 is 0.800 bits per heavy atom. The SMILES string of the molecule is CC[C@@H](C)NC(=O)[C@H](Cc1ccccc1)N(Cc1ccc(Cl)c(Cl)c1)C(=O)CN(c1cccc(Cl)c1)S(=O)(=O)c1ccccc1. The lowest BCUT2D eigenvalue weighted by Gasteiger charge is -2.34. The van der Waals surface area contributed by atoms with Crippen LogP contribution in [0, 0.1) is 0 Å². The van der Waals surface area contributed by atoms with Gasteiger partial charge in [0, 0.05) is 24.0 Å². The maximum atomic E-state index is 14.5. The van der Waals surface area contributed by atoms with Crippen LogP contribution in [0.2, 0.25) is 15.1 Å². The molecule has 236 valence electrons. The van der Waals surface area contributed by atoms with Gasteiger partial charge < -0.3 is 10.2 Å². The molecule has 7 nitrogen and oxygen atoms in total. The zero-order valence-electron chi connectivity index (χ0n) is 24.9. The normalized spacial score (nSPS) is 12.6. The van der Waals surface area contributed by atoms with Gasteiger partial charge in [0.2, 0.25) is 11.8 Å². The summed E-state index contributed by atoms with van der Waals surface area (Å²) in [5.41, 5.74) is 1.66. The molecular weight excluding hydrogens is 653 g/mol. The number of nitrogens with one attached hydrogen (secondary N) is 1. The topological polar surface area (TPSA) is 86.8 Å². The minimum Gasteiger partial charge on any atom is -0.352 e. The lowest BCUT2D eigenvalue weighted by molar-refractivity contribution is -0.140. The first-order valence-corrected chi connectivity index (χ1v) is 17.0. The van der Waals surface area contributed by atoms with Gasteiger partial charge in [-0.05, 0) is 66.9 Å². The van der Waals surface area contributed by atoms with Crippen molar-refractivity contribution in [2.75, 3.05) is 10.8 Å². The van der Waals surface area contributed by atoms with Crippen LogP contribution in [0.1, 0.15) is 31.4 Å². The zero-order chi connectivity index (χ0) is 32.6. The van der Waals surface area contributed by atoms with Crippen LogP contribution in [0.5, 0.6) is 0 Å². The van der Waals surface area contributed by atoms with E-state index in [1.54, 1.807) is 54.6 Å². The molecule has 0 spiro atoms. The molecule has 0 fully saturated rings. The van der Waals surface area contributed by atoms with E-state index in [2.05, 4.69) is 5.32 Å². The maximum Gasteiger partial charge on any atom is 0.264 e. The van der Waals surface area contributed by atoms with Crippen LogP contribution in [0.3, 0.4) is 0 Å². The number of rotatable bonds is 13. The summed E-state index contributed by atoms with van der Waals surface area (Å²) in [5, 5.41) is 3.94. The van der Waals surface area contributed by atoms with E-state index < -0.39 is 28.5 Å². The van der Waals surface area contributed by atoms with Gasteiger partial charge in [-0.1, -0.05) is 102 Å². The van der Waals surface area contributed by atoms with E-state index in [4.69, 9.17) is 34.8 Å². The van der Waals surface area contributed by atoms with E-state index >= 15 is 0 Å². The second-order valence-corrected chi connectivity index (χ2v) is 13.7. The number of hydrogen-bond acceptors (Lipinski definition) is 4. The van der Waals surface area contributed by atoms with Gasteiger partial charge in [-0.3, -0.25) is 13.9 Å². The molecule has 4 rings (SSSR count). The Bertz CT molecular complexity index is 1720. The summed E-state index contributed by atoms with van der Waals surface area (Å²) in [6.07, 6.45) is 0.876. The van der Waals surface area contributed by atoms with Crippen LogP contribution >= 0.6 is 34.8 Å². The summed E-state index contributed by atoms with van der Waals surface area (Å²) in [6.45, 7) is 3.21. The molecule has 0 radical (unpaired) electrons. The van der Waals surface area contributed by atoms with Crippen molar-refractivity contribution in [3.8, 4) is 0 Å². The third kappa shape index (κ3) is 9.01. The smallest absolute Gasteiger partial charge is 0.264 e. The average Bonchev–Trinajstić information content (AvgIpc) is 3.03. The first-order chi connectivity index (χ1) is 21.5. The highest BCUT2D eigenvalue weighted by Crippen LogP contribution is 2.28. The molecule has 0 aromatic heterocycles. The number of carbonyl (C=O) groups is 2. The number of nitrogens with zero attached hydrogens (tertiary/aromatic N) is 2. The minimum atomic E-state index is -4.22. The molecule has 1 N–H and O–H groups in total. The fourth-order valence-corrected chi connectivity index (χ4v) is 6.64. The number of benzene rings is 4. The molecule has 2 atom stereocenters. The van der Waals surface area contributed by atoms with E-state index in [-0.39, 0.29) is 40.5 Å². The number of carbonyl (C=O) groups excluding carboxylic acids is 2. The van der Waals surface area contributed by atoms with Gasteiger partial charge in [0.25, 0.3) is 10.0 Å². The third-order valence-corrected chi connectivity index (χ3v) is 10.1. The summed E-state index contributed by atoms with van der Waals surface area (Å²) >= 11 is 18.8. The Morgan fingerprint density at radius 2 is 1.47 bits per heavy atom. The van der Waals surface area contributed by atoms with Gasteiger partial charge in [0.1, 0.15) is 12.6 Å². The highest BCUT2D eigenvalue weighted by molar-refractivity contribution is 7.92. The Hall–Kier alpha value is -3.56. The molecule has 2 amide bonds. The van der Waals surface area contributed by atoms with E-state index in [0.29, 0.717) is 22.0 Å². The monoisotopic (exact) mass is 685 g/mol. The molecule has 0 aliphatic carbocycles. The first-order valence-electron chi connectivity index (χ1n) is 14.4. The van der Waals surface area contributed by atoms with E-state index in [0.717, 1.165) is 9.87 Å². The highest BCUT2D eigenvalue weighted by atomic mass is 35.5. The van der Waals surface area contributed by atoms with Crippen LogP contribution < -0.4 is 9.62 Å². The molecule has 0 saturated heterocycles. The van der Waals surface area contributed by atoms with Crippen molar-refractivity contribution in [2.24, 2.45) is 0 Å². The average molecular weight is 687 g/mol. The zero-order valence-corrected chi connectivity index (χ0v) is 28.0. The third-order valence-electron chi connectivity index (χ3n) is 7.32. The molecule has 0 bridgehead atoms. The van der Waals surface area contributed by atoms with Crippen molar-refractivity contribution in [3.63, 3.8) is 0 Å². The van der Waals surface area contributed by atoms with Crippen molar-refractivity contribution in [2.45, 2.75) is 50.2 Å². The summed E-state index contributed by atoms with van der Waals surface area (Å²) in [4.78, 5) is 29.8. The van der Waals surface area contributed by atoms with E-state index in [1.807, 2.05) is 44.2 Å². The molecule has 11 heteroatoms. The summed E-state index contributed by atoms with van der Waals surface area (Å²) in [6, 6.07) is 27.3. The quantitative estimate of drug-likeness (QED) is 0.159. The van der Waals surface area contributed by atoms with Crippen LogP contribution in [0.25, 0.3) is 0 Å². The fraction of sp³-hybridized carbons (Fsp3) is 0.235. The van der Waals surface area contributed by atoms with Crippen molar-refractivity contribution >= 4 is 62.3 Å². The van der Waals surface area contributed by atoms with E-state index in [9.17, 15) is 18.0 Å². The first kappa shape index (κ1) is 34.3. The lowest BCUT2D eigenvalue weighted by atomic mass is 10.0. The van der Waals surface area contributed by atoms with E-state index in [1.165, 1.54) is 23.1 Å². The van der Waals surface area contributed by atoms with Crippen molar-refractivity contribution in [1.82, 2.24) is 10.2 Å². The minimum absolute atomic E-state index is 0.00385. The van der Waals surface area contributed by atoms with Gasteiger partial charge in [-0.25, -0.2) is 8.42 Å². The summed E-state index contributed by atoms with van der Waals surface area (Å²) in [5.74, 6) is -0.956. The molecule has 45 heavy (non-hydrogen) atoms. The van der Waals surface area contributed by atoms with Gasteiger partial charge in [0.15, 0.2) is 0 Å². The van der Waals surface area contributed by atoms with Crippen LogP contribution in [-0.4, -0.2) is 43.8 Å². The second kappa shape index (κ2) is 15.6. The highest BCUT2D eigenvalue weighted by Gasteiger charge is 2.35. The standard InChI is InChI=1S/C34H34Cl3N3O4S/c1-3-24(2)38-34(42)32(20-25-11-6-4-7-12-25)39(22-26-17-18-30(36)31(37)19-26)33(41)23-40(28-14-10-13-27(35)21-28)45(43,44)29-15-8-5-9-16-29/h4-19,21,24,32H,3,20,22-23H2,1-2H3,(H,38,42)/t24-,32+/m1/s1. The molecular formula is C34H34Cl3N3O4S. The molecule has 4 aromatic rings. The van der Waals surface area contributed by atoms with Gasteiger partial charge in [-0.2, -0.15) is 0 Å². The molecule has 0 unspecified atom stereocenters. The lowest BCUT2D eigenvalue weighted by Crippen LogP contribution is -2.54. The number of hydrogen-bond donors (Lipinski definition) is 1. The number of halogens is 3. The fourth-order valence-electron chi connectivity index (χ4n) is 4.71. The Morgan fingerprint density at radius 3 is 2.09 bits per heavy atom. The second-order valence-electron chi connectivity index (χ2n) is 10.6. The Balaban J connectivity index is 1.82. The Kier molecular flexibility index (Phi) is 11.9. The van der Waals surface area contributed by atoms with Crippen molar-refractivity contribution < 1.29 is 18.0 Å². The Labute approximate surface area is 279 Å². The largest absolute Gasteiger partial charge is 0.352 e. The van der Waals surface area contributed by atoms with Crippen LogP contribution in [0.15, 0.2) is 108 Å². The summed E-state index contributed by atoms with van der Waals surface area (Å²) < 4.78 is 29.1. The van der Waals surface area contributed by atoms with Crippen LogP contribution in [-0.2, 0) is 32.6 Å². The van der Waals surface area contributed by atoms with Crippen LogP contribution in [0.4, 0.5) is 5.69 Å². The molecule has 0 aliphatic heterocycles. The predicted molar refractivity (Wildman–Crippen MR) is 181 cm³/mol. The van der Waals surface area contributed by atoms with Crippen molar-refractivity contribution in [1.29, 1.82) is 0 Å².